The molecule has 30 heavy (non-hydrogen) atoms. The Morgan fingerprint density at radius 2 is 2.13 bits per heavy atom. The number of benzene rings is 1. The second-order valence-electron chi connectivity index (χ2n) is 7.94. The van der Waals surface area contributed by atoms with E-state index >= 15 is 0 Å². The fourth-order valence-electron chi connectivity index (χ4n) is 3.92. The summed E-state index contributed by atoms with van der Waals surface area (Å²) < 4.78 is 12.9. The van der Waals surface area contributed by atoms with Crippen LogP contribution in [-0.4, -0.2) is 64.1 Å². The molecule has 0 bridgehead atoms. The molecule has 1 aromatic carbocycles. The van der Waals surface area contributed by atoms with Crippen LogP contribution < -0.4 is 15.0 Å². The summed E-state index contributed by atoms with van der Waals surface area (Å²) in [6.07, 6.45) is 5.34. The van der Waals surface area contributed by atoms with Crippen LogP contribution in [0.3, 0.4) is 0 Å². The second kappa shape index (κ2) is 7.26. The number of carbonyl (C=O) groups is 1. The van der Waals surface area contributed by atoms with Crippen LogP contribution in [0.15, 0.2) is 36.8 Å². The maximum absolute atomic E-state index is 13.1. The van der Waals surface area contributed by atoms with Crippen LogP contribution >= 0.6 is 0 Å². The van der Waals surface area contributed by atoms with Gasteiger partial charge in [-0.25, -0.2) is 9.50 Å². The van der Waals surface area contributed by atoms with Gasteiger partial charge in [0, 0.05) is 38.0 Å². The first-order chi connectivity index (χ1) is 14.5. The number of anilines is 2. The number of amides is 1. The monoisotopic (exact) mass is 409 g/mol. The molecule has 0 saturated carbocycles. The van der Waals surface area contributed by atoms with Crippen molar-refractivity contribution in [2.45, 2.75) is 18.9 Å². The van der Waals surface area contributed by atoms with Gasteiger partial charge in [0.2, 0.25) is 0 Å². The van der Waals surface area contributed by atoms with Gasteiger partial charge in [0.1, 0.15) is 17.9 Å². The zero-order valence-electron chi connectivity index (χ0n) is 16.7. The first-order valence-corrected chi connectivity index (χ1v) is 9.95. The Morgan fingerprint density at radius 1 is 1.30 bits per heavy atom. The minimum absolute atomic E-state index is 0.238. The van der Waals surface area contributed by atoms with E-state index in [0.29, 0.717) is 36.5 Å². The Labute approximate surface area is 173 Å². The quantitative estimate of drug-likeness (QED) is 0.676. The largest absolute Gasteiger partial charge is 0.490 e. The summed E-state index contributed by atoms with van der Waals surface area (Å²) in [5, 5.41) is 17.6. The average Bonchev–Trinajstić information content (AvgIpc) is 3.17. The van der Waals surface area contributed by atoms with E-state index in [1.54, 1.807) is 29.9 Å². The normalized spacial score (nSPS) is 21.2. The number of aliphatic hydroxyl groups is 1. The molecule has 0 radical (unpaired) electrons. The van der Waals surface area contributed by atoms with Crippen molar-refractivity contribution in [1.82, 2.24) is 14.6 Å². The lowest BCUT2D eigenvalue weighted by Gasteiger charge is -2.34. The first-order valence-electron chi connectivity index (χ1n) is 9.95. The summed E-state index contributed by atoms with van der Waals surface area (Å²) in [5.74, 6) is 0.445. The van der Waals surface area contributed by atoms with Gasteiger partial charge >= 0.3 is 0 Å². The van der Waals surface area contributed by atoms with Gasteiger partial charge in [0.25, 0.3) is 5.91 Å². The van der Waals surface area contributed by atoms with Crippen LogP contribution in [0.4, 0.5) is 11.4 Å². The maximum atomic E-state index is 13.1. The van der Waals surface area contributed by atoms with Gasteiger partial charge in [-0.2, -0.15) is 5.10 Å². The molecule has 0 unspecified atom stereocenters. The lowest BCUT2D eigenvalue weighted by atomic mass is 9.93. The molecule has 1 amide bonds. The Hall–Kier alpha value is -3.17. The smallest absolute Gasteiger partial charge is 0.261 e. The first kappa shape index (κ1) is 18.8. The van der Waals surface area contributed by atoms with E-state index in [-0.39, 0.29) is 12.5 Å². The molecule has 3 aromatic rings. The highest BCUT2D eigenvalue weighted by Crippen LogP contribution is 2.39. The van der Waals surface area contributed by atoms with Crippen LogP contribution in [-0.2, 0) is 11.2 Å². The molecule has 1 fully saturated rings. The number of nitrogens with one attached hydrogen (secondary N) is 1. The third-order valence-electron chi connectivity index (χ3n) is 5.41. The van der Waals surface area contributed by atoms with Crippen molar-refractivity contribution in [3.8, 4) is 5.75 Å². The second-order valence-corrected chi connectivity index (χ2v) is 7.94. The fraction of sp³-hybridized carbons (Fsp3) is 0.381. The summed E-state index contributed by atoms with van der Waals surface area (Å²) in [6, 6.07) is 5.60. The lowest BCUT2D eigenvalue weighted by Crippen LogP contribution is -2.39. The zero-order valence-corrected chi connectivity index (χ0v) is 16.7. The van der Waals surface area contributed by atoms with Crippen molar-refractivity contribution < 1.29 is 19.4 Å². The Balaban J connectivity index is 1.52. The minimum Gasteiger partial charge on any atom is -0.490 e. The molecule has 2 aliphatic rings. The number of aromatic nitrogens is 3. The summed E-state index contributed by atoms with van der Waals surface area (Å²) in [4.78, 5) is 19.5. The van der Waals surface area contributed by atoms with E-state index < -0.39 is 5.60 Å². The van der Waals surface area contributed by atoms with Crippen LogP contribution in [0.1, 0.15) is 22.8 Å². The van der Waals surface area contributed by atoms with Crippen molar-refractivity contribution >= 4 is 22.9 Å². The number of hydrogen-bond acceptors (Lipinski definition) is 7. The van der Waals surface area contributed by atoms with Crippen molar-refractivity contribution in [3.63, 3.8) is 0 Å². The Morgan fingerprint density at radius 3 is 2.97 bits per heavy atom. The number of ether oxygens (including phenoxy) is 2. The van der Waals surface area contributed by atoms with Gasteiger partial charge in [-0.1, -0.05) is 0 Å². The van der Waals surface area contributed by atoms with Gasteiger partial charge in [0.15, 0.2) is 5.65 Å². The third-order valence-corrected chi connectivity index (χ3v) is 5.41. The maximum Gasteiger partial charge on any atom is 0.261 e. The van der Waals surface area contributed by atoms with E-state index in [0.717, 1.165) is 30.1 Å². The molecule has 0 aliphatic carbocycles. The fourth-order valence-corrected chi connectivity index (χ4v) is 3.92. The highest BCUT2D eigenvalue weighted by atomic mass is 16.5. The van der Waals surface area contributed by atoms with Crippen molar-refractivity contribution in [2.24, 2.45) is 0 Å². The lowest BCUT2D eigenvalue weighted by molar-refractivity contribution is -0.000566. The van der Waals surface area contributed by atoms with E-state index in [1.807, 2.05) is 12.1 Å². The van der Waals surface area contributed by atoms with Crippen molar-refractivity contribution in [1.29, 1.82) is 0 Å². The minimum atomic E-state index is -0.943. The predicted molar refractivity (Wildman–Crippen MR) is 110 cm³/mol. The molecule has 2 aromatic heterocycles. The van der Waals surface area contributed by atoms with Gasteiger partial charge in [-0.05, 0) is 24.6 Å². The highest BCUT2D eigenvalue weighted by Gasteiger charge is 2.31. The topological polar surface area (TPSA) is 101 Å². The van der Waals surface area contributed by atoms with E-state index in [4.69, 9.17) is 9.47 Å². The van der Waals surface area contributed by atoms with Crippen LogP contribution in [0.5, 0.6) is 5.75 Å². The summed E-state index contributed by atoms with van der Waals surface area (Å²) in [6.45, 7) is 4.67. The van der Waals surface area contributed by atoms with Gasteiger partial charge in [-0.15, -0.1) is 0 Å². The van der Waals surface area contributed by atoms with Crippen LogP contribution in [0, 0.1) is 0 Å². The molecule has 1 atom stereocenters. The summed E-state index contributed by atoms with van der Waals surface area (Å²) >= 11 is 0. The Bertz CT molecular complexity index is 1100. The molecule has 2 aliphatic heterocycles. The predicted octanol–water partition coefficient (Wildman–Crippen LogP) is 1.50. The van der Waals surface area contributed by atoms with E-state index in [2.05, 4.69) is 20.3 Å². The number of morpholine rings is 1. The molecular formula is C21H23N5O4. The average molecular weight is 409 g/mol. The molecule has 5 rings (SSSR count). The van der Waals surface area contributed by atoms with Crippen LogP contribution in [0.2, 0.25) is 0 Å². The summed E-state index contributed by atoms with van der Waals surface area (Å²) in [7, 11) is 0. The molecule has 4 heterocycles. The number of fused-ring (bicyclic) bond motifs is 2. The van der Waals surface area contributed by atoms with Gasteiger partial charge in [0.05, 0.1) is 36.4 Å². The molecule has 9 nitrogen and oxygen atoms in total. The molecule has 0 spiro atoms. The third kappa shape index (κ3) is 3.46. The number of rotatable bonds is 3. The van der Waals surface area contributed by atoms with Gasteiger partial charge < -0.3 is 24.8 Å². The molecule has 9 heteroatoms. The zero-order chi connectivity index (χ0) is 20.7. The van der Waals surface area contributed by atoms with E-state index in [9.17, 15) is 9.90 Å². The molecule has 2 N–H and O–H groups in total. The number of carbonyl (C=O) groups excluding carboxylic acids is 1. The summed E-state index contributed by atoms with van der Waals surface area (Å²) in [5.41, 5.74) is 2.34. The SMILES string of the molecule is C[C@]1(O)COc2cc(N3CCOCC3)c(NC(=O)c3cnn4cccnc34)cc2C1. The number of hydrogen-bond donors (Lipinski definition) is 2. The van der Waals surface area contributed by atoms with Crippen molar-refractivity contribution in [3.05, 3.63) is 47.9 Å². The molecule has 1 saturated heterocycles. The number of nitrogens with zero attached hydrogens (tertiary/aromatic N) is 4. The van der Waals surface area contributed by atoms with Crippen molar-refractivity contribution in [2.75, 3.05) is 43.1 Å². The molecule has 156 valence electrons. The highest BCUT2D eigenvalue weighted by molar-refractivity contribution is 6.09. The van der Waals surface area contributed by atoms with E-state index in [1.165, 1.54) is 6.20 Å². The molecular weight excluding hydrogens is 386 g/mol. The van der Waals surface area contributed by atoms with Crippen LogP contribution in [0.25, 0.3) is 5.65 Å². The van der Waals surface area contributed by atoms with Gasteiger partial charge in [-0.3, -0.25) is 4.79 Å². The standard InChI is InChI=1S/C21H23N5O4/c1-21(28)11-14-9-16(17(10-18(14)30-13-21)25-5-7-29-8-6-25)24-20(27)15-12-23-26-4-2-3-22-19(15)26/h2-4,9-10,12,28H,5-8,11,13H2,1H3,(H,24,27)/t21-/m1/s1. The Kier molecular flexibility index (Phi) is 4.56.